The molecule has 0 aromatic rings. The van der Waals surface area contributed by atoms with Crippen molar-refractivity contribution >= 4 is 0 Å². The Bertz CT molecular complexity index is 145. The molecule has 1 saturated heterocycles. The first kappa shape index (κ1) is 11.9. The molecule has 0 amide bonds. The first-order valence-electron chi connectivity index (χ1n) is 5.33. The van der Waals surface area contributed by atoms with Crippen LogP contribution >= 0.6 is 0 Å². The summed E-state index contributed by atoms with van der Waals surface area (Å²) in [5.74, 6) is 0. The fourth-order valence-corrected chi connectivity index (χ4v) is 1.74. The van der Waals surface area contributed by atoms with E-state index in [4.69, 9.17) is 4.74 Å². The van der Waals surface area contributed by atoms with Gasteiger partial charge in [-0.1, -0.05) is 6.92 Å². The van der Waals surface area contributed by atoms with Crippen LogP contribution in [0.1, 0.15) is 26.2 Å². The molecule has 1 heterocycles. The lowest BCUT2D eigenvalue weighted by atomic mass is 9.95. The van der Waals surface area contributed by atoms with E-state index in [1.807, 2.05) is 6.92 Å². The molecule has 3 N–H and O–H groups in total. The number of nitrogens with one attached hydrogen (secondary N) is 1. The van der Waals surface area contributed by atoms with Crippen LogP contribution in [0.5, 0.6) is 0 Å². The van der Waals surface area contributed by atoms with Gasteiger partial charge in [0.1, 0.15) is 0 Å². The van der Waals surface area contributed by atoms with Crippen molar-refractivity contribution in [1.82, 2.24) is 5.32 Å². The third kappa shape index (κ3) is 2.92. The van der Waals surface area contributed by atoms with E-state index in [1.165, 1.54) is 0 Å². The number of rotatable bonds is 5. The van der Waals surface area contributed by atoms with Gasteiger partial charge in [-0.2, -0.15) is 0 Å². The smallest absolute Gasteiger partial charge is 0.0647 e. The van der Waals surface area contributed by atoms with Gasteiger partial charge in [-0.15, -0.1) is 0 Å². The van der Waals surface area contributed by atoms with E-state index >= 15 is 0 Å². The van der Waals surface area contributed by atoms with Gasteiger partial charge in [-0.05, 0) is 19.3 Å². The fraction of sp³-hybridized carbons (Fsp3) is 1.00. The normalized spacial score (nSPS) is 19.9. The van der Waals surface area contributed by atoms with Crippen LogP contribution < -0.4 is 5.32 Å². The monoisotopic (exact) mass is 203 g/mol. The molecule has 1 aliphatic heterocycles. The number of aliphatic hydroxyl groups excluding tert-OH is 2. The van der Waals surface area contributed by atoms with Crippen molar-refractivity contribution in [2.75, 3.05) is 26.4 Å². The molecule has 0 aromatic carbocycles. The molecule has 1 aliphatic rings. The van der Waals surface area contributed by atoms with Crippen molar-refractivity contribution in [2.24, 2.45) is 0 Å². The summed E-state index contributed by atoms with van der Waals surface area (Å²) in [6.07, 6.45) is 2.65. The van der Waals surface area contributed by atoms with Crippen LogP contribution in [0.4, 0.5) is 0 Å². The molecule has 4 heteroatoms. The highest BCUT2D eigenvalue weighted by Gasteiger charge is 2.29. The standard InChI is InChI=1S/C10H21NO3/c1-2-10(7-12,8-13)11-9-3-5-14-6-4-9/h9,11-13H,2-8H2,1H3. The Balaban J connectivity index is 2.44. The Labute approximate surface area is 85.3 Å². The predicted octanol–water partition coefficient (Wildman–Crippen LogP) is -0.112. The van der Waals surface area contributed by atoms with E-state index in [0.717, 1.165) is 32.5 Å². The van der Waals surface area contributed by atoms with Crippen molar-refractivity contribution in [1.29, 1.82) is 0 Å². The summed E-state index contributed by atoms with van der Waals surface area (Å²) in [4.78, 5) is 0. The number of hydrogen-bond acceptors (Lipinski definition) is 4. The molecule has 84 valence electrons. The molecule has 0 unspecified atom stereocenters. The van der Waals surface area contributed by atoms with Crippen molar-refractivity contribution in [3.63, 3.8) is 0 Å². The summed E-state index contributed by atoms with van der Waals surface area (Å²) < 4.78 is 5.25. The summed E-state index contributed by atoms with van der Waals surface area (Å²) in [6, 6.07) is 0.364. The topological polar surface area (TPSA) is 61.7 Å². The summed E-state index contributed by atoms with van der Waals surface area (Å²) >= 11 is 0. The molecule has 14 heavy (non-hydrogen) atoms. The molecule has 0 atom stereocenters. The van der Waals surface area contributed by atoms with E-state index in [0.29, 0.717) is 6.04 Å². The van der Waals surface area contributed by atoms with Crippen LogP contribution in [0.25, 0.3) is 0 Å². The zero-order valence-corrected chi connectivity index (χ0v) is 8.83. The Hall–Kier alpha value is -0.160. The van der Waals surface area contributed by atoms with Gasteiger partial charge in [0.25, 0.3) is 0 Å². The first-order valence-corrected chi connectivity index (χ1v) is 5.33. The van der Waals surface area contributed by atoms with Crippen LogP contribution in [-0.2, 0) is 4.74 Å². The molecule has 0 aliphatic carbocycles. The molecule has 1 fully saturated rings. The second-order valence-corrected chi connectivity index (χ2v) is 3.98. The quantitative estimate of drug-likeness (QED) is 0.583. The Kier molecular flexibility index (Phi) is 4.81. The number of aliphatic hydroxyl groups is 2. The third-order valence-electron chi connectivity index (χ3n) is 3.01. The SMILES string of the molecule is CCC(CO)(CO)NC1CCOCC1. The van der Waals surface area contributed by atoms with Crippen LogP contribution in [0.2, 0.25) is 0 Å². The number of ether oxygens (including phenoxy) is 1. The van der Waals surface area contributed by atoms with Crippen molar-refractivity contribution < 1.29 is 14.9 Å². The molecule has 4 nitrogen and oxygen atoms in total. The Morgan fingerprint density at radius 2 is 1.86 bits per heavy atom. The van der Waals surface area contributed by atoms with Crippen LogP contribution in [0.3, 0.4) is 0 Å². The van der Waals surface area contributed by atoms with Gasteiger partial charge in [0.2, 0.25) is 0 Å². The molecular formula is C10H21NO3. The zero-order valence-electron chi connectivity index (χ0n) is 8.83. The minimum absolute atomic E-state index is 0.0165. The second-order valence-electron chi connectivity index (χ2n) is 3.98. The average Bonchev–Trinajstić information content (AvgIpc) is 2.28. The lowest BCUT2D eigenvalue weighted by molar-refractivity contribution is 0.0368. The minimum atomic E-state index is -0.512. The van der Waals surface area contributed by atoms with Crippen LogP contribution in [0, 0.1) is 0 Å². The molecule has 0 bridgehead atoms. The maximum atomic E-state index is 9.25. The summed E-state index contributed by atoms with van der Waals surface area (Å²) in [5.41, 5.74) is -0.512. The maximum absolute atomic E-state index is 9.25. The maximum Gasteiger partial charge on any atom is 0.0647 e. The molecular weight excluding hydrogens is 182 g/mol. The van der Waals surface area contributed by atoms with Crippen molar-refractivity contribution in [3.8, 4) is 0 Å². The van der Waals surface area contributed by atoms with Crippen LogP contribution in [-0.4, -0.2) is 48.2 Å². The van der Waals surface area contributed by atoms with E-state index in [1.54, 1.807) is 0 Å². The summed E-state index contributed by atoms with van der Waals surface area (Å²) in [6.45, 7) is 3.48. The third-order valence-corrected chi connectivity index (χ3v) is 3.01. The lowest BCUT2D eigenvalue weighted by Crippen LogP contribution is -2.56. The van der Waals surface area contributed by atoms with E-state index in [-0.39, 0.29) is 13.2 Å². The molecule has 0 radical (unpaired) electrons. The largest absolute Gasteiger partial charge is 0.394 e. The second kappa shape index (κ2) is 5.66. The highest BCUT2D eigenvalue weighted by Crippen LogP contribution is 2.14. The van der Waals surface area contributed by atoms with Gasteiger partial charge >= 0.3 is 0 Å². The van der Waals surface area contributed by atoms with Crippen molar-refractivity contribution in [3.05, 3.63) is 0 Å². The first-order chi connectivity index (χ1) is 6.76. The Morgan fingerprint density at radius 1 is 1.29 bits per heavy atom. The highest BCUT2D eigenvalue weighted by molar-refractivity contribution is 4.89. The van der Waals surface area contributed by atoms with E-state index in [9.17, 15) is 10.2 Å². The van der Waals surface area contributed by atoms with Gasteiger partial charge in [0.15, 0.2) is 0 Å². The van der Waals surface area contributed by atoms with E-state index < -0.39 is 5.54 Å². The summed E-state index contributed by atoms with van der Waals surface area (Å²) in [7, 11) is 0. The number of hydrogen-bond donors (Lipinski definition) is 3. The van der Waals surface area contributed by atoms with Gasteiger partial charge < -0.3 is 20.3 Å². The average molecular weight is 203 g/mol. The molecule has 0 aromatic heterocycles. The summed E-state index contributed by atoms with van der Waals surface area (Å²) in [5, 5.41) is 21.8. The minimum Gasteiger partial charge on any atom is -0.394 e. The highest BCUT2D eigenvalue weighted by atomic mass is 16.5. The fourth-order valence-electron chi connectivity index (χ4n) is 1.74. The predicted molar refractivity (Wildman–Crippen MR) is 54.2 cm³/mol. The van der Waals surface area contributed by atoms with Gasteiger partial charge in [0, 0.05) is 19.3 Å². The van der Waals surface area contributed by atoms with Gasteiger partial charge in [0.05, 0.1) is 18.8 Å². The van der Waals surface area contributed by atoms with Crippen LogP contribution in [0.15, 0.2) is 0 Å². The molecule has 0 saturated carbocycles. The molecule has 0 spiro atoms. The van der Waals surface area contributed by atoms with Crippen molar-refractivity contribution in [2.45, 2.75) is 37.8 Å². The lowest BCUT2D eigenvalue weighted by Gasteiger charge is -2.36. The van der Waals surface area contributed by atoms with Gasteiger partial charge in [-0.25, -0.2) is 0 Å². The Morgan fingerprint density at radius 3 is 2.29 bits per heavy atom. The van der Waals surface area contributed by atoms with Gasteiger partial charge in [-0.3, -0.25) is 0 Å². The molecule has 1 rings (SSSR count). The van der Waals surface area contributed by atoms with E-state index in [2.05, 4.69) is 5.32 Å². The zero-order chi connectivity index (χ0) is 10.4.